The van der Waals surface area contributed by atoms with Crippen molar-refractivity contribution in [1.29, 1.82) is 0 Å². The molecule has 2 aliphatic rings. The number of benzene rings is 8. The van der Waals surface area contributed by atoms with Crippen molar-refractivity contribution in [3.8, 4) is 79.0 Å². The first kappa shape index (κ1) is 33.4. The molecule has 0 saturated carbocycles. The SMILES string of the molecule is [C-]#[N+]c1ccc(-c2ccc3c(c2)C2(c4ccccc4Oc4ccccc42)c2cc(-c4ccc(-c5nc(-c6ccccc6)nc(-c6ccccc6)n5)cc4)ccc2-3)cc1. The van der Waals surface area contributed by atoms with Crippen molar-refractivity contribution in [3.05, 3.63) is 228 Å². The van der Waals surface area contributed by atoms with Gasteiger partial charge in [-0.15, -0.1) is 0 Å². The standard InChI is InChI=1S/C53H32N4O/c1-54-41-28-24-35(25-29-41)40-27-31-43-42-30-26-39(32-46(42)53(47(43)33-40)44-16-8-10-18-48(44)58-49-19-11-9-17-45(49)53)34-20-22-38(23-21-34)52-56-50(36-12-4-2-5-13-36)55-51(57-52)37-14-6-3-7-15-37/h2-33H. The van der Waals surface area contributed by atoms with Crippen LogP contribution in [0.5, 0.6) is 11.5 Å². The van der Waals surface area contributed by atoms with Crippen LogP contribution in [0.1, 0.15) is 22.3 Å². The highest BCUT2D eigenvalue weighted by Crippen LogP contribution is 2.62. The average molecular weight is 741 g/mol. The second-order valence-corrected chi connectivity index (χ2v) is 14.6. The van der Waals surface area contributed by atoms with E-state index in [1.807, 2.05) is 97.1 Å². The lowest BCUT2D eigenvalue weighted by atomic mass is 9.65. The van der Waals surface area contributed by atoms with Crippen molar-refractivity contribution in [1.82, 2.24) is 15.0 Å². The van der Waals surface area contributed by atoms with Gasteiger partial charge in [0.15, 0.2) is 23.2 Å². The molecule has 0 radical (unpaired) electrons. The highest BCUT2D eigenvalue weighted by Gasteiger charge is 2.51. The first-order valence-corrected chi connectivity index (χ1v) is 19.3. The van der Waals surface area contributed by atoms with Crippen LogP contribution in [0.4, 0.5) is 5.69 Å². The van der Waals surface area contributed by atoms with Gasteiger partial charge in [-0.1, -0.05) is 170 Å². The van der Waals surface area contributed by atoms with Crippen LogP contribution in [-0.4, -0.2) is 15.0 Å². The Bertz CT molecular complexity index is 2980. The third-order valence-corrected chi connectivity index (χ3v) is 11.4. The molecule has 1 spiro atoms. The highest BCUT2D eigenvalue weighted by atomic mass is 16.5. The van der Waals surface area contributed by atoms with Gasteiger partial charge in [-0.2, -0.15) is 0 Å². The van der Waals surface area contributed by atoms with Crippen LogP contribution in [0.3, 0.4) is 0 Å². The third-order valence-electron chi connectivity index (χ3n) is 11.4. The quantitative estimate of drug-likeness (QED) is 0.165. The molecule has 0 amide bonds. The van der Waals surface area contributed by atoms with Gasteiger partial charge in [0.05, 0.1) is 12.0 Å². The average Bonchev–Trinajstić information content (AvgIpc) is 3.58. The molecule has 1 aromatic heterocycles. The van der Waals surface area contributed by atoms with Gasteiger partial charge in [0.2, 0.25) is 0 Å². The first-order chi connectivity index (χ1) is 28.7. The van der Waals surface area contributed by atoms with E-state index in [1.54, 1.807) is 0 Å². The molecule has 1 aliphatic heterocycles. The van der Waals surface area contributed by atoms with Crippen molar-refractivity contribution in [3.63, 3.8) is 0 Å². The molecule has 2 heterocycles. The van der Waals surface area contributed by atoms with Crippen molar-refractivity contribution < 1.29 is 4.74 Å². The Morgan fingerprint density at radius 3 is 1.21 bits per heavy atom. The number of ether oxygens (including phenoxy) is 1. The van der Waals surface area contributed by atoms with E-state index in [9.17, 15) is 0 Å². The maximum absolute atomic E-state index is 7.47. The zero-order chi connectivity index (χ0) is 38.6. The van der Waals surface area contributed by atoms with Crippen molar-refractivity contribution in [2.45, 2.75) is 5.41 Å². The molecule has 0 atom stereocenters. The van der Waals surface area contributed by atoms with Crippen LogP contribution in [0.25, 0.3) is 72.4 Å². The fraction of sp³-hybridized carbons (Fsp3) is 0.0189. The minimum atomic E-state index is -0.634. The summed E-state index contributed by atoms with van der Waals surface area (Å²) < 4.78 is 6.63. The summed E-state index contributed by atoms with van der Waals surface area (Å²) in [5.74, 6) is 3.60. The number of hydrogen-bond donors (Lipinski definition) is 0. The van der Waals surface area contributed by atoms with Gasteiger partial charge in [-0.25, -0.2) is 19.8 Å². The van der Waals surface area contributed by atoms with Gasteiger partial charge in [-0.05, 0) is 68.8 Å². The van der Waals surface area contributed by atoms with Crippen molar-refractivity contribution in [2.24, 2.45) is 0 Å². The largest absolute Gasteiger partial charge is 0.457 e. The maximum Gasteiger partial charge on any atom is 0.187 e. The number of aromatic nitrogens is 3. The summed E-state index contributed by atoms with van der Waals surface area (Å²) in [5.41, 5.74) is 14.2. The normalized spacial score (nSPS) is 12.7. The van der Waals surface area contributed by atoms with E-state index in [0.29, 0.717) is 23.2 Å². The minimum absolute atomic E-state index is 0.623. The highest BCUT2D eigenvalue weighted by molar-refractivity contribution is 5.92. The molecule has 5 nitrogen and oxygen atoms in total. The minimum Gasteiger partial charge on any atom is -0.457 e. The van der Waals surface area contributed by atoms with E-state index in [2.05, 4.69) is 102 Å². The zero-order valence-corrected chi connectivity index (χ0v) is 31.2. The van der Waals surface area contributed by atoms with Gasteiger partial charge in [-0.3, -0.25) is 0 Å². The van der Waals surface area contributed by atoms with Gasteiger partial charge in [0.1, 0.15) is 11.5 Å². The Morgan fingerprint density at radius 2 is 0.741 bits per heavy atom. The van der Waals surface area contributed by atoms with Gasteiger partial charge >= 0.3 is 0 Å². The monoisotopic (exact) mass is 740 g/mol. The van der Waals surface area contributed by atoms with Crippen LogP contribution in [0.15, 0.2) is 194 Å². The summed E-state index contributed by atoms with van der Waals surface area (Å²) in [5, 5.41) is 0. The number of fused-ring (bicyclic) bond motifs is 9. The second kappa shape index (κ2) is 13.4. The molecule has 0 saturated heterocycles. The molecule has 8 aromatic carbocycles. The molecule has 0 N–H and O–H groups in total. The van der Waals surface area contributed by atoms with Crippen LogP contribution in [0.2, 0.25) is 0 Å². The topological polar surface area (TPSA) is 52.3 Å². The molecular weight excluding hydrogens is 709 g/mol. The molecule has 270 valence electrons. The van der Waals surface area contributed by atoms with Crippen LogP contribution in [-0.2, 0) is 5.41 Å². The zero-order valence-electron chi connectivity index (χ0n) is 31.2. The molecule has 5 heteroatoms. The smallest absolute Gasteiger partial charge is 0.187 e. The molecule has 9 aromatic rings. The number of rotatable bonds is 5. The van der Waals surface area contributed by atoms with E-state index >= 15 is 0 Å². The second-order valence-electron chi connectivity index (χ2n) is 14.6. The summed E-state index contributed by atoms with van der Waals surface area (Å²) in [7, 11) is 0. The lowest BCUT2D eigenvalue weighted by molar-refractivity contribution is 0.436. The van der Waals surface area contributed by atoms with Gasteiger partial charge < -0.3 is 4.74 Å². The van der Waals surface area contributed by atoms with Gasteiger partial charge in [0, 0.05) is 27.8 Å². The molecule has 0 bridgehead atoms. The molecule has 58 heavy (non-hydrogen) atoms. The lowest BCUT2D eigenvalue weighted by Crippen LogP contribution is -2.32. The molecular formula is C53H32N4O. The Morgan fingerprint density at radius 1 is 0.362 bits per heavy atom. The number of nitrogens with zero attached hydrogens (tertiary/aromatic N) is 4. The number of hydrogen-bond acceptors (Lipinski definition) is 4. The predicted octanol–water partition coefficient (Wildman–Crippen LogP) is 13.2. The van der Waals surface area contributed by atoms with E-state index in [4.69, 9.17) is 26.3 Å². The molecule has 11 rings (SSSR count). The number of para-hydroxylation sites is 2. The van der Waals surface area contributed by atoms with E-state index in [-0.39, 0.29) is 0 Å². The maximum atomic E-state index is 7.47. The first-order valence-electron chi connectivity index (χ1n) is 19.3. The fourth-order valence-corrected chi connectivity index (χ4v) is 8.74. The van der Waals surface area contributed by atoms with E-state index in [1.165, 1.54) is 22.3 Å². The van der Waals surface area contributed by atoms with Crippen LogP contribution < -0.4 is 4.74 Å². The molecule has 0 unspecified atom stereocenters. The summed E-state index contributed by atoms with van der Waals surface area (Å²) in [4.78, 5) is 18.4. The molecule has 0 fully saturated rings. The van der Waals surface area contributed by atoms with Crippen molar-refractivity contribution in [2.75, 3.05) is 0 Å². The van der Waals surface area contributed by atoms with Crippen LogP contribution >= 0.6 is 0 Å². The Hall–Kier alpha value is -7.94. The van der Waals surface area contributed by atoms with E-state index in [0.717, 1.165) is 61.6 Å². The van der Waals surface area contributed by atoms with Crippen molar-refractivity contribution >= 4 is 5.69 Å². The summed E-state index contributed by atoms with van der Waals surface area (Å²) in [6.45, 7) is 7.47. The Kier molecular flexibility index (Phi) is 7.70. The van der Waals surface area contributed by atoms with Crippen LogP contribution in [0, 0.1) is 6.57 Å². The van der Waals surface area contributed by atoms with E-state index < -0.39 is 5.41 Å². The summed E-state index contributed by atoms with van der Waals surface area (Å²) in [6, 6.07) is 67.1. The fourth-order valence-electron chi connectivity index (χ4n) is 8.74. The molecule has 1 aliphatic carbocycles. The summed E-state index contributed by atoms with van der Waals surface area (Å²) >= 11 is 0. The Balaban J connectivity index is 1.06. The lowest BCUT2D eigenvalue weighted by Gasteiger charge is -2.39. The predicted molar refractivity (Wildman–Crippen MR) is 231 cm³/mol. The summed E-state index contributed by atoms with van der Waals surface area (Å²) in [6.07, 6.45) is 0. The Labute approximate surface area is 336 Å². The van der Waals surface area contributed by atoms with Gasteiger partial charge in [0.25, 0.3) is 0 Å². The third kappa shape index (κ3) is 5.27.